The van der Waals surface area contributed by atoms with Crippen molar-refractivity contribution in [3.63, 3.8) is 0 Å². The summed E-state index contributed by atoms with van der Waals surface area (Å²) in [6, 6.07) is 22.2. The third-order valence-corrected chi connectivity index (χ3v) is 8.07. The molecule has 1 fully saturated rings. The van der Waals surface area contributed by atoms with Crippen molar-refractivity contribution < 1.29 is 13.2 Å². The number of hydrogen-bond donors (Lipinski definition) is 2. The number of aromatic nitrogens is 2. The topological polar surface area (TPSA) is 95.2 Å². The van der Waals surface area contributed by atoms with Crippen LogP contribution in [0.5, 0.6) is 0 Å². The number of carbonyl (C=O) groups is 1. The van der Waals surface area contributed by atoms with Crippen LogP contribution in [0.4, 0.5) is 5.69 Å². The van der Waals surface area contributed by atoms with Crippen LogP contribution in [0.3, 0.4) is 0 Å². The molecule has 0 unspecified atom stereocenters. The first kappa shape index (κ1) is 22.3. The van der Waals surface area contributed by atoms with Gasteiger partial charge in [-0.15, -0.1) is 0 Å². The molecule has 1 saturated heterocycles. The van der Waals surface area contributed by atoms with Crippen LogP contribution in [0, 0.1) is 12.8 Å². The summed E-state index contributed by atoms with van der Waals surface area (Å²) in [4.78, 5) is 20.8. The van der Waals surface area contributed by atoms with E-state index in [1.54, 1.807) is 18.2 Å². The monoisotopic (exact) mass is 474 g/mol. The second-order valence-electron chi connectivity index (χ2n) is 8.69. The Hall–Kier alpha value is -3.49. The number of benzene rings is 3. The molecule has 8 heteroatoms. The predicted octanol–water partition coefficient (Wildman–Crippen LogP) is 4.58. The smallest absolute Gasteiger partial charge is 0.243 e. The van der Waals surface area contributed by atoms with Crippen LogP contribution in [0.25, 0.3) is 22.4 Å². The summed E-state index contributed by atoms with van der Waals surface area (Å²) >= 11 is 0. The number of fused-ring (bicyclic) bond motifs is 1. The molecule has 174 valence electrons. The van der Waals surface area contributed by atoms with Crippen molar-refractivity contribution >= 4 is 32.7 Å². The number of imidazole rings is 1. The Bertz CT molecular complexity index is 1430. The number of sulfonamides is 1. The molecule has 2 heterocycles. The lowest BCUT2D eigenvalue weighted by atomic mass is 9.98. The van der Waals surface area contributed by atoms with Crippen LogP contribution in [0.1, 0.15) is 18.4 Å². The number of amides is 1. The summed E-state index contributed by atoms with van der Waals surface area (Å²) in [6.45, 7) is 2.54. The average molecular weight is 475 g/mol. The largest absolute Gasteiger partial charge is 0.338 e. The fourth-order valence-corrected chi connectivity index (χ4v) is 5.84. The maximum Gasteiger partial charge on any atom is 0.243 e. The number of rotatable bonds is 5. The Kier molecular flexibility index (Phi) is 5.93. The molecule has 1 aliphatic rings. The number of nitrogens with one attached hydrogen (secondary N) is 2. The zero-order chi connectivity index (χ0) is 23.7. The fraction of sp³-hybridized carbons (Fsp3) is 0.231. The molecule has 1 atom stereocenters. The molecule has 1 amide bonds. The molecule has 0 spiro atoms. The van der Waals surface area contributed by atoms with Gasteiger partial charge in [0, 0.05) is 24.3 Å². The van der Waals surface area contributed by atoms with Gasteiger partial charge in [-0.25, -0.2) is 13.4 Å². The minimum atomic E-state index is -3.75. The van der Waals surface area contributed by atoms with Gasteiger partial charge >= 0.3 is 0 Å². The number of piperidine rings is 1. The highest BCUT2D eigenvalue weighted by atomic mass is 32.2. The lowest BCUT2D eigenvalue weighted by molar-refractivity contribution is -0.120. The van der Waals surface area contributed by atoms with Crippen LogP contribution < -0.4 is 5.32 Å². The van der Waals surface area contributed by atoms with Crippen LogP contribution in [-0.4, -0.2) is 41.7 Å². The zero-order valence-electron chi connectivity index (χ0n) is 18.9. The Balaban J connectivity index is 1.35. The van der Waals surface area contributed by atoms with Gasteiger partial charge in [-0.1, -0.05) is 48.0 Å². The number of aryl methyl sites for hydroxylation is 1. The highest BCUT2D eigenvalue weighted by molar-refractivity contribution is 7.89. The Morgan fingerprint density at radius 1 is 1.06 bits per heavy atom. The number of nitrogens with zero attached hydrogens (tertiary/aromatic N) is 2. The molecular formula is C26H26N4O3S. The molecule has 2 N–H and O–H groups in total. The second kappa shape index (κ2) is 9.04. The summed E-state index contributed by atoms with van der Waals surface area (Å²) in [7, 11) is -3.75. The van der Waals surface area contributed by atoms with Gasteiger partial charge in [0.2, 0.25) is 15.9 Å². The van der Waals surface area contributed by atoms with Crippen molar-refractivity contribution in [1.29, 1.82) is 0 Å². The van der Waals surface area contributed by atoms with Crippen molar-refractivity contribution in [1.82, 2.24) is 14.3 Å². The SMILES string of the molecule is Cc1ccc(NC(=O)[C@H]2CCCN(S(=O)(=O)c3ccc4nc(-c5ccccc5)[nH]c4c3)C2)cc1. The lowest BCUT2D eigenvalue weighted by Crippen LogP contribution is -2.43. The van der Waals surface area contributed by atoms with Crippen molar-refractivity contribution in [3.8, 4) is 11.4 Å². The summed E-state index contributed by atoms with van der Waals surface area (Å²) in [6.07, 6.45) is 1.29. The molecule has 5 rings (SSSR count). The van der Waals surface area contributed by atoms with E-state index in [0.29, 0.717) is 36.2 Å². The molecule has 1 aromatic heterocycles. The summed E-state index contributed by atoms with van der Waals surface area (Å²) in [5.74, 6) is 0.140. The van der Waals surface area contributed by atoms with Gasteiger partial charge in [0.05, 0.1) is 21.8 Å². The first-order valence-electron chi connectivity index (χ1n) is 11.3. The van der Waals surface area contributed by atoms with Crippen molar-refractivity contribution in [2.24, 2.45) is 5.92 Å². The van der Waals surface area contributed by atoms with Crippen LogP contribution in [0.15, 0.2) is 77.7 Å². The van der Waals surface area contributed by atoms with Crippen molar-refractivity contribution in [3.05, 3.63) is 78.4 Å². The van der Waals surface area contributed by atoms with E-state index in [-0.39, 0.29) is 17.3 Å². The van der Waals surface area contributed by atoms with E-state index in [1.807, 2.05) is 61.5 Å². The molecule has 3 aromatic carbocycles. The highest BCUT2D eigenvalue weighted by Crippen LogP contribution is 2.28. The molecule has 1 aliphatic heterocycles. The molecule has 0 bridgehead atoms. The van der Waals surface area contributed by atoms with Gasteiger partial charge < -0.3 is 10.3 Å². The molecular weight excluding hydrogens is 448 g/mol. The van der Waals surface area contributed by atoms with E-state index < -0.39 is 15.9 Å². The minimum absolute atomic E-state index is 0.153. The van der Waals surface area contributed by atoms with E-state index in [9.17, 15) is 13.2 Å². The van der Waals surface area contributed by atoms with E-state index in [2.05, 4.69) is 15.3 Å². The van der Waals surface area contributed by atoms with Gasteiger partial charge in [0.1, 0.15) is 5.82 Å². The second-order valence-corrected chi connectivity index (χ2v) is 10.6. The zero-order valence-corrected chi connectivity index (χ0v) is 19.7. The molecule has 7 nitrogen and oxygen atoms in total. The van der Waals surface area contributed by atoms with Gasteiger partial charge in [-0.05, 0) is 50.1 Å². The van der Waals surface area contributed by atoms with Crippen LogP contribution >= 0.6 is 0 Å². The highest BCUT2D eigenvalue weighted by Gasteiger charge is 2.33. The maximum absolute atomic E-state index is 13.4. The van der Waals surface area contributed by atoms with Crippen LogP contribution in [-0.2, 0) is 14.8 Å². The number of aromatic amines is 1. The number of hydrogen-bond acceptors (Lipinski definition) is 4. The number of H-pyrrole nitrogens is 1. The van der Waals surface area contributed by atoms with Gasteiger partial charge in [0.25, 0.3) is 0 Å². The van der Waals surface area contributed by atoms with E-state index in [1.165, 1.54) is 4.31 Å². The third-order valence-electron chi connectivity index (χ3n) is 6.21. The first-order valence-corrected chi connectivity index (χ1v) is 12.8. The standard InChI is InChI=1S/C26H26N4O3S/c1-18-9-11-21(12-10-18)27-26(31)20-8-5-15-30(17-20)34(32,33)22-13-14-23-24(16-22)29-25(28-23)19-6-3-2-4-7-19/h2-4,6-7,9-14,16,20H,5,8,15,17H2,1H3,(H,27,31)(H,28,29)/t20-/m0/s1. The molecule has 0 saturated carbocycles. The first-order chi connectivity index (χ1) is 16.4. The Morgan fingerprint density at radius 2 is 1.82 bits per heavy atom. The minimum Gasteiger partial charge on any atom is -0.338 e. The third kappa shape index (κ3) is 4.47. The van der Waals surface area contributed by atoms with E-state index >= 15 is 0 Å². The fourth-order valence-electron chi connectivity index (χ4n) is 4.29. The van der Waals surface area contributed by atoms with Gasteiger partial charge in [-0.3, -0.25) is 4.79 Å². The lowest BCUT2D eigenvalue weighted by Gasteiger charge is -2.31. The van der Waals surface area contributed by atoms with Gasteiger partial charge in [0.15, 0.2) is 0 Å². The van der Waals surface area contributed by atoms with Crippen molar-refractivity contribution in [2.75, 3.05) is 18.4 Å². The van der Waals surface area contributed by atoms with E-state index in [4.69, 9.17) is 0 Å². The summed E-state index contributed by atoms with van der Waals surface area (Å²) in [5, 5.41) is 2.92. The summed E-state index contributed by atoms with van der Waals surface area (Å²) in [5.41, 5.74) is 4.12. The molecule has 0 aliphatic carbocycles. The molecule has 34 heavy (non-hydrogen) atoms. The average Bonchev–Trinajstić information content (AvgIpc) is 3.30. The Labute approximate surface area is 198 Å². The molecule has 0 radical (unpaired) electrons. The number of carbonyl (C=O) groups excluding carboxylic acids is 1. The maximum atomic E-state index is 13.4. The van der Waals surface area contributed by atoms with E-state index in [0.717, 1.165) is 16.8 Å². The summed E-state index contributed by atoms with van der Waals surface area (Å²) < 4.78 is 28.3. The normalized spacial score (nSPS) is 17.0. The van der Waals surface area contributed by atoms with Crippen molar-refractivity contribution in [2.45, 2.75) is 24.7 Å². The van der Waals surface area contributed by atoms with Gasteiger partial charge in [-0.2, -0.15) is 4.31 Å². The number of anilines is 1. The predicted molar refractivity (Wildman–Crippen MR) is 133 cm³/mol. The van der Waals surface area contributed by atoms with Crippen LogP contribution in [0.2, 0.25) is 0 Å². The Morgan fingerprint density at radius 3 is 2.59 bits per heavy atom. The molecule has 4 aromatic rings. The quantitative estimate of drug-likeness (QED) is 0.443.